The van der Waals surface area contributed by atoms with E-state index in [0.29, 0.717) is 30.1 Å². The molecule has 6 heteroatoms. The van der Waals surface area contributed by atoms with E-state index in [1.54, 1.807) is 13.0 Å². The third-order valence-electron chi connectivity index (χ3n) is 13.1. The van der Waals surface area contributed by atoms with Crippen molar-refractivity contribution in [1.82, 2.24) is 0 Å². The number of rotatable bonds is 5. The molecule has 1 heterocycles. The Kier molecular flexibility index (Phi) is 6.01. The summed E-state index contributed by atoms with van der Waals surface area (Å²) in [7, 11) is 1.34. The molecule has 0 bridgehead atoms. The molecule has 1 saturated heterocycles. The predicted molar refractivity (Wildman–Crippen MR) is 141 cm³/mol. The van der Waals surface area contributed by atoms with Gasteiger partial charge in [-0.1, -0.05) is 41.5 Å². The minimum atomic E-state index is -0.771. The Morgan fingerprint density at radius 3 is 2.43 bits per heavy atom. The van der Waals surface area contributed by atoms with Crippen molar-refractivity contribution in [2.75, 3.05) is 7.11 Å². The average molecular weight is 517 g/mol. The van der Waals surface area contributed by atoms with Crippen molar-refractivity contribution in [3.05, 3.63) is 11.6 Å². The Morgan fingerprint density at radius 1 is 1.11 bits per heavy atom. The maximum atomic E-state index is 14.0. The van der Waals surface area contributed by atoms with Gasteiger partial charge in [0.1, 0.15) is 17.0 Å². The van der Waals surface area contributed by atoms with E-state index in [9.17, 15) is 19.8 Å². The number of hydrogen-bond acceptors (Lipinski definition) is 6. The van der Waals surface area contributed by atoms with E-state index < -0.39 is 17.7 Å². The zero-order chi connectivity index (χ0) is 27.4. The van der Waals surface area contributed by atoms with Crippen LogP contribution in [-0.2, 0) is 19.1 Å². The number of ketones is 1. The largest absolute Gasteiger partial charge is 0.466 e. The van der Waals surface area contributed by atoms with Gasteiger partial charge < -0.3 is 19.7 Å². The van der Waals surface area contributed by atoms with Gasteiger partial charge in [-0.3, -0.25) is 4.79 Å². The van der Waals surface area contributed by atoms with Gasteiger partial charge in [-0.05, 0) is 86.0 Å². The van der Waals surface area contributed by atoms with E-state index in [2.05, 4.69) is 41.5 Å². The first-order valence-corrected chi connectivity index (χ1v) is 14.4. The van der Waals surface area contributed by atoms with Gasteiger partial charge in [0, 0.05) is 17.4 Å². The predicted octanol–water partition coefficient (Wildman–Crippen LogP) is 4.99. The molecule has 6 nitrogen and oxygen atoms in total. The monoisotopic (exact) mass is 516 g/mol. The maximum Gasteiger partial charge on any atom is 0.333 e. The molecule has 5 rings (SSSR count). The van der Waals surface area contributed by atoms with E-state index in [4.69, 9.17) is 9.47 Å². The molecule has 0 spiro atoms. The molecule has 4 aliphatic carbocycles. The maximum absolute atomic E-state index is 14.0. The standard InChI is InChI=1S/C31H48O6/c1-18(25(35)36-8)15-20(32)16-19(2)29(7)17-21(33)24-28(29,6)13-14-31-27(5)11-10-23(34)26(3,4)22(27)9-12-30(24,31)37-31/h15,19-20,22-24,32,34H,9-14,16-17H2,1-8H3/b18-15+/t19-,20+,22-,23-,24+,27+,28-,29+,30+,31+/m1/s1. The summed E-state index contributed by atoms with van der Waals surface area (Å²) in [4.78, 5) is 25.8. The van der Waals surface area contributed by atoms with Gasteiger partial charge in [-0.25, -0.2) is 4.79 Å². The molecule has 0 aromatic rings. The van der Waals surface area contributed by atoms with Gasteiger partial charge in [0.25, 0.3) is 0 Å². The zero-order valence-corrected chi connectivity index (χ0v) is 24.1. The van der Waals surface area contributed by atoms with Crippen LogP contribution in [0.2, 0.25) is 0 Å². The molecule has 4 saturated carbocycles. The van der Waals surface area contributed by atoms with Crippen LogP contribution in [0, 0.1) is 39.4 Å². The summed E-state index contributed by atoms with van der Waals surface area (Å²) >= 11 is 0. The van der Waals surface area contributed by atoms with Crippen molar-refractivity contribution >= 4 is 11.8 Å². The second-order valence-corrected chi connectivity index (χ2v) is 14.7. The summed E-state index contributed by atoms with van der Waals surface area (Å²) < 4.78 is 11.8. The number of aliphatic hydroxyl groups excluding tert-OH is 2. The molecule has 1 aliphatic heterocycles. The number of ether oxygens (including phenoxy) is 2. The second-order valence-electron chi connectivity index (χ2n) is 14.7. The molecule has 5 fully saturated rings. The fourth-order valence-corrected chi connectivity index (χ4v) is 10.6. The second kappa shape index (κ2) is 8.14. The highest BCUT2D eigenvalue weighted by molar-refractivity contribution is 5.88. The van der Waals surface area contributed by atoms with E-state index in [1.807, 2.05) is 0 Å². The van der Waals surface area contributed by atoms with Gasteiger partial charge in [-0.2, -0.15) is 0 Å². The van der Waals surface area contributed by atoms with Crippen molar-refractivity contribution in [2.24, 2.45) is 39.4 Å². The van der Waals surface area contributed by atoms with Crippen LogP contribution in [0.25, 0.3) is 0 Å². The van der Waals surface area contributed by atoms with Crippen molar-refractivity contribution in [1.29, 1.82) is 0 Å². The number of methoxy groups -OCH3 is 1. The van der Waals surface area contributed by atoms with Crippen LogP contribution in [0.1, 0.15) is 99.8 Å². The SMILES string of the molecule is COC(=O)/C(C)=C/[C@H](O)C[C@@H](C)[C@]1(C)CC(=O)[C@@H]2[C@@]34CC[C@@H]5C(C)(C)[C@H](O)CC[C@]5(C)[C@]3(CC[C@]21C)O4. The third kappa shape index (κ3) is 3.21. The van der Waals surface area contributed by atoms with Crippen LogP contribution in [0.5, 0.6) is 0 Å². The zero-order valence-electron chi connectivity index (χ0n) is 24.1. The lowest BCUT2D eigenvalue weighted by Gasteiger charge is -2.62. The van der Waals surface area contributed by atoms with Gasteiger partial charge in [0.15, 0.2) is 0 Å². The van der Waals surface area contributed by atoms with E-state index in [1.165, 1.54) is 7.11 Å². The van der Waals surface area contributed by atoms with Crippen LogP contribution < -0.4 is 0 Å². The molecular formula is C31H48O6. The molecule has 2 N–H and O–H groups in total. The summed E-state index contributed by atoms with van der Waals surface area (Å²) in [5, 5.41) is 21.7. The molecule has 0 radical (unpaired) electrons. The highest BCUT2D eigenvalue weighted by Crippen LogP contribution is 2.83. The normalized spacial score (nSPS) is 49.7. The van der Waals surface area contributed by atoms with Crippen LogP contribution in [0.4, 0.5) is 0 Å². The molecule has 5 aliphatic rings. The molecule has 208 valence electrons. The van der Waals surface area contributed by atoms with Crippen LogP contribution in [0.3, 0.4) is 0 Å². The van der Waals surface area contributed by atoms with Crippen molar-refractivity contribution < 1.29 is 29.3 Å². The Hall–Kier alpha value is -1.24. The fraction of sp³-hybridized carbons (Fsp3) is 0.871. The number of Topliss-reactive ketones (excluding diaryl/α,β-unsaturated/α-hetero) is 1. The molecule has 10 atom stereocenters. The lowest BCUT2D eigenvalue weighted by atomic mass is 9.40. The van der Waals surface area contributed by atoms with Gasteiger partial charge in [-0.15, -0.1) is 0 Å². The fourth-order valence-electron chi connectivity index (χ4n) is 10.6. The first kappa shape index (κ1) is 27.3. The number of esters is 1. The molecule has 0 aromatic carbocycles. The topological polar surface area (TPSA) is 96.4 Å². The van der Waals surface area contributed by atoms with Crippen molar-refractivity contribution in [3.63, 3.8) is 0 Å². The molecule has 0 amide bonds. The highest BCUT2D eigenvalue weighted by atomic mass is 16.6. The summed E-state index contributed by atoms with van der Waals surface area (Å²) in [6.07, 6.45) is 7.04. The molecule has 0 aromatic heterocycles. The van der Waals surface area contributed by atoms with Crippen molar-refractivity contribution in [3.8, 4) is 0 Å². The molecular weight excluding hydrogens is 468 g/mol. The summed E-state index contributed by atoms with van der Waals surface area (Å²) in [6, 6.07) is 0. The lowest BCUT2D eigenvalue weighted by molar-refractivity contribution is -0.153. The molecule has 0 unspecified atom stereocenters. The van der Waals surface area contributed by atoms with E-state index in [0.717, 1.165) is 38.5 Å². The third-order valence-corrected chi connectivity index (χ3v) is 13.1. The summed E-state index contributed by atoms with van der Waals surface area (Å²) in [5.74, 6) is 0.230. The number of carbonyl (C=O) groups is 2. The minimum absolute atomic E-state index is 0.0351. The minimum Gasteiger partial charge on any atom is -0.466 e. The van der Waals surface area contributed by atoms with Crippen molar-refractivity contribution in [2.45, 2.75) is 123 Å². The Bertz CT molecular complexity index is 1030. The number of carbonyl (C=O) groups excluding carboxylic acids is 2. The Morgan fingerprint density at radius 2 is 1.78 bits per heavy atom. The first-order valence-electron chi connectivity index (χ1n) is 14.4. The summed E-state index contributed by atoms with van der Waals surface area (Å²) in [5.41, 5.74) is -0.932. The lowest BCUT2D eigenvalue weighted by Crippen LogP contribution is -2.64. The van der Waals surface area contributed by atoms with Gasteiger partial charge >= 0.3 is 5.97 Å². The number of epoxide rings is 1. The quantitative estimate of drug-likeness (QED) is 0.304. The Balaban J connectivity index is 1.44. The van der Waals surface area contributed by atoms with Crippen LogP contribution in [0.15, 0.2) is 11.6 Å². The first-order chi connectivity index (χ1) is 17.1. The Labute approximate surface area is 222 Å². The van der Waals surface area contributed by atoms with Crippen LogP contribution >= 0.6 is 0 Å². The van der Waals surface area contributed by atoms with Gasteiger partial charge in [0.05, 0.1) is 25.2 Å². The summed E-state index contributed by atoms with van der Waals surface area (Å²) in [6.45, 7) is 15.2. The van der Waals surface area contributed by atoms with Crippen LogP contribution in [-0.4, -0.2) is 52.5 Å². The number of aliphatic hydroxyl groups is 2. The average Bonchev–Trinajstić information content (AvgIpc) is 3.46. The van der Waals surface area contributed by atoms with E-state index in [-0.39, 0.29) is 45.2 Å². The smallest absolute Gasteiger partial charge is 0.333 e. The van der Waals surface area contributed by atoms with Gasteiger partial charge in [0.2, 0.25) is 0 Å². The number of fused-ring (bicyclic) bond motifs is 2. The number of hydrogen-bond donors (Lipinski definition) is 2. The molecule has 37 heavy (non-hydrogen) atoms. The van der Waals surface area contributed by atoms with E-state index >= 15 is 0 Å². The highest BCUT2D eigenvalue weighted by Gasteiger charge is 2.89.